The van der Waals surface area contributed by atoms with Crippen molar-refractivity contribution in [2.45, 2.75) is 32.7 Å². The SMILES string of the molecule is CCCCCn1nc(C(=O)NNC(=O)c2ccc(-c3ccccc3)[nH]c2=O)c2ccccc2c1=O. The molecule has 0 aliphatic rings. The molecule has 9 heteroatoms. The fourth-order valence-electron chi connectivity index (χ4n) is 3.74. The van der Waals surface area contributed by atoms with E-state index in [1.165, 1.54) is 10.7 Å². The number of nitrogens with one attached hydrogen (secondary N) is 3. The van der Waals surface area contributed by atoms with Gasteiger partial charge in [-0.25, -0.2) is 4.68 Å². The zero-order valence-electron chi connectivity index (χ0n) is 19.2. The standard InChI is InChI=1S/C26H25N5O4/c1-2-3-9-16-31-26(35)19-13-8-7-12-18(19)22(30-31)25(34)29-28-24(33)20-14-15-21(27-23(20)32)17-10-5-4-6-11-17/h4-8,10-15H,2-3,9,16H2,1H3,(H,27,32)(H,28,33)(H,29,34). The lowest BCUT2D eigenvalue weighted by Crippen LogP contribution is -2.44. The molecule has 3 N–H and O–H groups in total. The fraction of sp³-hybridized carbons (Fsp3) is 0.192. The summed E-state index contributed by atoms with van der Waals surface area (Å²) in [4.78, 5) is 53.4. The van der Waals surface area contributed by atoms with E-state index < -0.39 is 17.4 Å². The van der Waals surface area contributed by atoms with Crippen LogP contribution in [0.2, 0.25) is 0 Å². The minimum absolute atomic E-state index is 0.00494. The van der Waals surface area contributed by atoms with Crippen LogP contribution in [0.5, 0.6) is 0 Å². The highest BCUT2D eigenvalue weighted by Gasteiger charge is 2.18. The third kappa shape index (κ3) is 5.19. The van der Waals surface area contributed by atoms with Gasteiger partial charge in [0.2, 0.25) is 0 Å². The van der Waals surface area contributed by atoms with Crippen molar-refractivity contribution in [2.24, 2.45) is 0 Å². The molecule has 178 valence electrons. The molecule has 0 unspecified atom stereocenters. The molecule has 0 atom stereocenters. The number of H-pyrrole nitrogens is 1. The zero-order chi connectivity index (χ0) is 24.8. The predicted molar refractivity (Wildman–Crippen MR) is 133 cm³/mol. The average molecular weight is 472 g/mol. The Balaban J connectivity index is 1.54. The monoisotopic (exact) mass is 471 g/mol. The van der Waals surface area contributed by atoms with Gasteiger partial charge in [-0.3, -0.25) is 30.0 Å². The Kier molecular flexibility index (Phi) is 7.15. The number of aromatic amines is 1. The Morgan fingerprint density at radius 1 is 0.857 bits per heavy atom. The lowest BCUT2D eigenvalue weighted by atomic mass is 10.1. The molecule has 2 amide bonds. The largest absolute Gasteiger partial charge is 0.321 e. The van der Waals surface area contributed by atoms with Crippen LogP contribution in [-0.4, -0.2) is 26.6 Å². The predicted octanol–water partition coefficient (Wildman–Crippen LogP) is 3.02. The number of hydrogen-bond acceptors (Lipinski definition) is 5. The maximum Gasteiger partial charge on any atom is 0.290 e. The van der Waals surface area contributed by atoms with E-state index in [2.05, 4.69) is 27.9 Å². The highest BCUT2D eigenvalue weighted by Crippen LogP contribution is 2.15. The van der Waals surface area contributed by atoms with Gasteiger partial charge in [0.15, 0.2) is 5.69 Å². The first kappa shape index (κ1) is 23.6. The molecule has 0 bridgehead atoms. The van der Waals surface area contributed by atoms with Crippen LogP contribution >= 0.6 is 0 Å². The number of nitrogens with zero attached hydrogens (tertiary/aromatic N) is 2. The summed E-state index contributed by atoms with van der Waals surface area (Å²) in [7, 11) is 0. The van der Waals surface area contributed by atoms with Crippen LogP contribution in [0.15, 0.2) is 76.3 Å². The molecule has 4 rings (SSSR count). The molecule has 0 radical (unpaired) electrons. The van der Waals surface area contributed by atoms with E-state index in [0.717, 1.165) is 24.8 Å². The molecule has 2 heterocycles. The third-order valence-corrected chi connectivity index (χ3v) is 5.58. The average Bonchev–Trinajstić information content (AvgIpc) is 2.89. The fourth-order valence-corrected chi connectivity index (χ4v) is 3.74. The van der Waals surface area contributed by atoms with Crippen molar-refractivity contribution in [3.05, 3.63) is 98.7 Å². The van der Waals surface area contributed by atoms with Crippen molar-refractivity contribution in [1.29, 1.82) is 0 Å². The molecular weight excluding hydrogens is 446 g/mol. The van der Waals surface area contributed by atoms with E-state index in [9.17, 15) is 19.2 Å². The second-order valence-corrected chi connectivity index (χ2v) is 8.02. The van der Waals surface area contributed by atoms with E-state index in [1.54, 1.807) is 30.3 Å². The highest BCUT2D eigenvalue weighted by molar-refractivity contribution is 6.06. The lowest BCUT2D eigenvalue weighted by molar-refractivity contribution is 0.0842. The van der Waals surface area contributed by atoms with Gasteiger partial charge in [0.25, 0.3) is 22.9 Å². The van der Waals surface area contributed by atoms with Crippen molar-refractivity contribution in [1.82, 2.24) is 25.6 Å². The molecule has 0 fully saturated rings. The molecule has 0 aliphatic heterocycles. The molecule has 2 aromatic carbocycles. The molecule has 4 aromatic rings. The second-order valence-electron chi connectivity index (χ2n) is 8.02. The van der Waals surface area contributed by atoms with Crippen LogP contribution in [0, 0.1) is 0 Å². The van der Waals surface area contributed by atoms with Gasteiger partial charge in [-0.15, -0.1) is 0 Å². The normalized spacial score (nSPS) is 10.8. The number of aryl methyl sites for hydroxylation is 1. The summed E-state index contributed by atoms with van der Waals surface area (Å²) in [5, 5.41) is 5.00. The highest BCUT2D eigenvalue weighted by atomic mass is 16.2. The number of pyridine rings is 1. The molecule has 9 nitrogen and oxygen atoms in total. The summed E-state index contributed by atoms with van der Waals surface area (Å²) >= 11 is 0. The Bertz CT molecular complexity index is 1490. The maximum absolute atomic E-state index is 12.9. The van der Waals surface area contributed by atoms with Gasteiger partial charge in [0, 0.05) is 17.6 Å². The van der Waals surface area contributed by atoms with Crippen molar-refractivity contribution in [3.63, 3.8) is 0 Å². The van der Waals surface area contributed by atoms with E-state index in [1.807, 2.05) is 30.3 Å². The number of benzene rings is 2. The Hall–Kier alpha value is -4.53. The number of hydrazine groups is 1. The quantitative estimate of drug-likeness (QED) is 0.282. The number of unbranched alkanes of at least 4 members (excludes halogenated alkanes) is 2. The maximum atomic E-state index is 12.9. The third-order valence-electron chi connectivity index (χ3n) is 5.58. The van der Waals surface area contributed by atoms with Gasteiger partial charge in [0.05, 0.1) is 5.39 Å². The Morgan fingerprint density at radius 3 is 2.26 bits per heavy atom. The first-order valence-corrected chi connectivity index (χ1v) is 11.4. The zero-order valence-corrected chi connectivity index (χ0v) is 19.2. The molecule has 2 aromatic heterocycles. The molecule has 0 aliphatic carbocycles. The van der Waals surface area contributed by atoms with E-state index in [-0.39, 0.29) is 16.8 Å². The van der Waals surface area contributed by atoms with Gasteiger partial charge < -0.3 is 4.98 Å². The van der Waals surface area contributed by atoms with Crippen molar-refractivity contribution >= 4 is 22.6 Å². The van der Waals surface area contributed by atoms with Gasteiger partial charge in [0.1, 0.15) is 5.56 Å². The molecule has 0 saturated carbocycles. The summed E-state index contributed by atoms with van der Waals surface area (Å²) in [6.45, 7) is 2.44. The Morgan fingerprint density at radius 2 is 1.54 bits per heavy atom. The topological polar surface area (TPSA) is 126 Å². The number of rotatable bonds is 7. The molecule has 35 heavy (non-hydrogen) atoms. The number of amides is 2. The molecule has 0 saturated heterocycles. The van der Waals surface area contributed by atoms with Crippen LogP contribution < -0.4 is 22.0 Å². The van der Waals surface area contributed by atoms with E-state index in [4.69, 9.17) is 0 Å². The first-order chi connectivity index (χ1) is 17.0. The van der Waals surface area contributed by atoms with Gasteiger partial charge in [-0.2, -0.15) is 5.10 Å². The summed E-state index contributed by atoms with van der Waals surface area (Å²) in [5.74, 6) is -1.48. The summed E-state index contributed by atoms with van der Waals surface area (Å²) in [6.07, 6.45) is 2.66. The van der Waals surface area contributed by atoms with Gasteiger partial charge in [-0.05, 0) is 30.2 Å². The van der Waals surface area contributed by atoms with Crippen molar-refractivity contribution in [2.75, 3.05) is 0 Å². The van der Waals surface area contributed by atoms with E-state index >= 15 is 0 Å². The van der Waals surface area contributed by atoms with Crippen LogP contribution in [0.3, 0.4) is 0 Å². The van der Waals surface area contributed by atoms with Crippen molar-refractivity contribution in [3.8, 4) is 11.3 Å². The number of fused-ring (bicyclic) bond motifs is 1. The minimum Gasteiger partial charge on any atom is -0.321 e. The second kappa shape index (κ2) is 10.6. The number of hydrogen-bond donors (Lipinski definition) is 3. The van der Waals surface area contributed by atoms with Crippen molar-refractivity contribution < 1.29 is 9.59 Å². The van der Waals surface area contributed by atoms with Crippen LogP contribution in [0.4, 0.5) is 0 Å². The number of carbonyl (C=O) groups excluding carboxylic acids is 2. The first-order valence-electron chi connectivity index (χ1n) is 11.4. The Labute approximate surface area is 200 Å². The summed E-state index contributed by atoms with van der Waals surface area (Å²) in [5.41, 5.74) is 4.92. The smallest absolute Gasteiger partial charge is 0.290 e. The molecular formula is C26H25N5O4. The van der Waals surface area contributed by atoms with E-state index in [0.29, 0.717) is 23.0 Å². The summed E-state index contributed by atoms with van der Waals surface area (Å²) in [6, 6.07) is 18.9. The van der Waals surface area contributed by atoms with Crippen LogP contribution in [0.1, 0.15) is 47.0 Å². The lowest BCUT2D eigenvalue weighted by Gasteiger charge is -2.12. The number of carbonyl (C=O) groups is 2. The van der Waals surface area contributed by atoms with Gasteiger partial charge in [-0.1, -0.05) is 68.3 Å². The van der Waals surface area contributed by atoms with Crippen LogP contribution in [0.25, 0.3) is 22.0 Å². The molecule has 0 spiro atoms. The van der Waals surface area contributed by atoms with Crippen LogP contribution in [-0.2, 0) is 6.54 Å². The number of aromatic nitrogens is 3. The minimum atomic E-state index is -0.778. The van der Waals surface area contributed by atoms with Gasteiger partial charge >= 0.3 is 0 Å². The summed E-state index contributed by atoms with van der Waals surface area (Å²) < 4.78 is 1.28.